The van der Waals surface area contributed by atoms with Gasteiger partial charge in [-0.05, 0) is 60.7 Å². The van der Waals surface area contributed by atoms with E-state index in [1.165, 1.54) is 23.3 Å². The van der Waals surface area contributed by atoms with Gasteiger partial charge < -0.3 is 5.73 Å². The summed E-state index contributed by atoms with van der Waals surface area (Å²) in [6.07, 6.45) is 0. The van der Waals surface area contributed by atoms with Crippen molar-refractivity contribution in [3.05, 3.63) is 70.0 Å². The van der Waals surface area contributed by atoms with Gasteiger partial charge in [0.25, 0.3) is 0 Å². The Kier molecular flexibility index (Phi) is 3.48. The second-order valence-electron chi connectivity index (χ2n) is 4.77. The molecule has 94 valence electrons. The van der Waals surface area contributed by atoms with Crippen LogP contribution in [0.5, 0.6) is 0 Å². The summed E-state index contributed by atoms with van der Waals surface area (Å²) in [4.78, 5) is 0. The number of rotatable bonds is 2. The standard InChI is InChI=1S/C16H18FN/c1-10-5-4-6-14(12(10)3)16(18)15-9-13(17)8-7-11(15)2/h4-9,16H,18H2,1-3H3. The van der Waals surface area contributed by atoms with E-state index in [9.17, 15) is 4.39 Å². The fraction of sp³-hybridized carbons (Fsp3) is 0.250. The first-order valence-electron chi connectivity index (χ1n) is 6.08. The van der Waals surface area contributed by atoms with Gasteiger partial charge in [-0.15, -0.1) is 0 Å². The number of hydrogen-bond donors (Lipinski definition) is 1. The molecule has 2 N–H and O–H groups in total. The minimum atomic E-state index is -0.277. The molecule has 0 aliphatic heterocycles. The van der Waals surface area contributed by atoms with Crippen molar-refractivity contribution in [2.45, 2.75) is 26.8 Å². The van der Waals surface area contributed by atoms with Gasteiger partial charge in [0.05, 0.1) is 6.04 Å². The van der Waals surface area contributed by atoms with Gasteiger partial charge in [-0.3, -0.25) is 0 Å². The van der Waals surface area contributed by atoms with Crippen molar-refractivity contribution in [3.8, 4) is 0 Å². The first-order chi connectivity index (χ1) is 8.50. The zero-order chi connectivity index (χ0) is 13.3. The molecule has 0 aliphatic rings. The summed E-state index contributed by atoms with van der Waals surface area (Å²) in [7, 11) is 0. The van der Waals surface area contributed by atoms with E-state index in [1.807, 2.05) is 19.1 Å². The van der Waals surface area contributed by atoms with Crippen molar-refractivity contribution in [1.82, 2.24) is 0 Å². The third-order valence-electron chi connectivity index (χ3n) is 3.56. The molecule has 1 unspecified atom stereocenters. The number of nitrogens with two attached hydrogens (primary N) is 1. The van der Waals surface area contributed by atoms with Gasteiger partial charge in [0.2, 0.25) is 0 Å². The number of hydrogen-bond acceptors (Lipinski definition) is 1. The van der Waals surface area contributed by atoms with E-state index >= 15 is 0 Å². The molecule has 1 nitrogen and oxygen atoms in total. The lowest BCUT2D eigenvalue weighted by molar-refractivity contribution is 0.622. The van der Waals surface area contributed by atoms with E-state index in [2.05, 4.69) is 19.9 Å². The predicted molar refractivity (Wildman–Crippen MR) is 73.1 cm³/mol. The Morgan fingerprint density at radius 2 is 1.67 bits per heavy atom. The normalized spacial score (nSPS) is 12.5. The second kappa shape index (κ2) is 4.91. The molecule has 0 bridgehead atoms. The minimum Gasteiger partial charge on any atom is -0.320 e. The third kappa shape index (κ3) is 2.29. The highest BCUT2D eigenvalue weighted by molar-refractivity contribution is 5.42. The highest BCUT2D eigenvalue weighted by Crippen LogP contribution is 2.27. The molecule has 0 aromatic heterocycles. The summed E-state index contributed by atoms with van der Waals surface area (Å²) in [6.45, 7) is 6.07. The Labute approximate surface area is 107 Å². The van der Waals surface area contributed by atoms with Crippen molar-refractivity contribution in [2.24, 2.45) is 5.73 Å². The van der Waals surface area contributed by atoms with Crippen molar-refractivity contribution in [3.63, 3.8) is 0 Å². The van der Waals surface area contributed by atoms with Crippen LogP contribution in [-0.4, -0.2) is 0 Å². The zero-order valence-electron chi connectivity index (χ0n) is 11.0. The SMILES string of the molecule is Cc1ccc(F)cc1C(N)c1cccc(C)c1C. The Balaban J connectivity index is 2.51. The van der Waals surface area contributed by atoms with Crippen molar-refractivity contribution < 1.29 is 4.39 Å². The molecule has 2 aromatic rings. The van der Waals surface area contributed by atoms with E-state index in [4.69, 9.17) is 5.73 Å². The van der Waals surface area contributed by atoms with E-state index in [0.29, 0.717) is 0 Å². The minimum absolute atomic E-state index is 0.239. The van der Waals surface area contributed by atoms with Crippen LogP contribution in [-0.2, 0) is 0 Å². The Morgan fingerprint density at radius 3 is 2.39 bits per heavy atom. The molecule has 0 heterocycles. The lowest BCUT2D eigenvalue weighted by Gasteiger charge is -2.18. The molecule has 18 heavy (non-hydrogen) atoms. The van der Waals surface area contributed by atoms with Crippen LogP contribution in [0.1, 0.15) is 33.9 Å². The lowest BCUT2D eigenvalue weighted by Crippen LogP contribution is -2.15. The van der Waals surface area contributed by atoms with E-state index in [0.717, 1.165) is 16.7 Å². The molecule has 2 aromatic carbocycles. The summed E-state index contributed by atoms with van der Waals surface area (Å²) >= 11 is 0. The number of benzene rings is 2. The maximum atomic E-state index is 13.3. The molecule has 0 spiro atoms. The van der Waals surface area contributed by atoms with Gasteiger partial charge in [0.1, 0.15) is 5.82 Å². The van der Waals surface area contributed by atoms with Crippen molar-refractivity contribution >= 4 is 0 Å². The largest absolute Gasteiger partial charge is 0.320 e. The maximum Gasteiger partial charge on any atom is 0.123 e. The predicted octanol–water partition coefficient (Wildman–Crippen LogP) is 3.80. The van der Waals surface area contributed by atoms with Gasteiger partial charge in [0.15, 0.2) is 0 Å². The van der Waals surface area contributed by atoms with Gasteiger partial charge in [0, 0.05) is 0 Å². The maximum absolute atomic E-state index is 13.3. The molecule has 0 aliphatic carbocycles. The zero-order valence-corrected chi connectivity index (χ0v) is 11.0. The Morgan fingerprint density at radius 1 is 0.944 bits per heavy atom. The fourth-order valence-corrected chi connectivity index (χ4v) is 2.22. The number of halogens is 1. The molecule has 0 amide bonds. The van der Waals surface area contributed by atoms with Crippen LogP contribution in [0.3, 0.4) is 0 Å². The lowest BCUT2D eigenvalue weighted by atomic mass is 9.91. The van der Waals surface area contributed by atoms with Crippen LogP contribution >= 0.6 is 0 Å². The van der Waals surface area contributed by atoms with E-state index < -0.39 is 0 Å². The van der Waals surface area contributed by atoms with Gasteiger partial charge in [-0.25, -0.2) is 4.39 Å². The molecule has 0 fully saturated rings. The molecule has 2 rings (SSSR count). The Bertz CT molecular complexity index is 573. The molecule has 1 atom stereocenters. The summed E-state index contributed by atoms with van der Waals surface area (Å²) in [5, 5.41) is 0. The van der Waals surface area contributed by atoms with Crippen molar-refractivity contribution in [2.75, 3.05) is 0 Å². The van der Waals surface area contributed by atoms with Gasteiger partial charge in [-0.2, -0.15) is 0 Å². The third-order valence-corrected chi connectivity index (χ3v) is 3.56. The molecular weight excluding hydrogens is 225 g/mol. The molecular formula is C16H18FN. The monoisotopic (exact) mass is 243 g/mol. The topological polar surface area (TPSA) is 26.0 Å². The van der Waals surface area contributed by atoms with Crippen LogP contribution in [0, 0.1) is 26.6 Å². The highest BCUT2D eigenvalue weighted by Gasteiger charge is 2.14. The summed E-state index contributed by atoms with van der Waals surface area (Å²) in [5.41, 5.74) is 11.6. The van der Waals surface area contributed by atoms with Crippen LogP contribution in [0.25, 0.3) is 0 Å². The van der Waals surface area contributed by atoms with E-state index in [-0.39, 0.29) is 11.9 Å². The molecule has 0 saturated carbocycles. The first-order valence-corrected chi connectivity index (χ1v) is 6.08. The molecule has 0 radical (unpaired) electrons. The van der Waals surface area contributed by atoms with Crippen LogP contribution in [0.2, 0.25) is 0 Å². The summed E-state index contributed by atoms with van der Waals surface area (Å²) in [6, 6.07) is 10.6. The van der Waals surface area contributed by atoms with Crippen LogP contribution in [0.4, 0.5) is 4.39 Å². The molecule has 0 saturated heterocycles. The average molecular weight is 243 g/mol. The summed E-state index contributed by atoms with van der Waals surface area (Å²) in [5.74, 6) is -0.239. The molecule has 2 heteroatoms. The van der Waals surface area contributed by atoms with Crippen molar-refractivity contribution in [1.29, 1.82) is 0 Å². The second-order valence-corrected chi connectivity index (χ2v) is 4.77. The van der Waals surface area contributed by atoms with Crippen LogP contribution in [0.15, 0.2) is 36.4 Å². The quantitative estimate of drug-likeness (QED) is 0.853. The van der Waals surface area contributed by atoms with Gasteiger partial charge in [-0.1, -0.05) is 24.3 Å². The fourth-order valence-electron chi connectivity index (χ4n) is 2.22. The smallest absolute Gasteiger partial charge is 0.123 e. The highest BCUT2D eigenvalue weighted by atomic mass is 19.1. The number of aryl methyl sites for hydroxylation is 2. The van der Waals surface area contributed by atoms with Crippen LogP contribution < -0.4 is 5.73 Å². The average Bonchev–Trinajstić information content (AvgIpc) is 2.35. The summed E-state index contributed by atoms with van der Waals surface area (Å²) < 4.78 is 13.3. The first kappa shape index (κ1) is 12.8. The van der Waals surface area contributed by atoms with E-state index in [1.54, 1.807) is 6.07 Å². The van der Waals surface area contributed by atoms with Gasteiger partial charge >= 0.3 is 0 Å². The Hall–Kier alpha value is -1.67.